The molecule has 0 bridgehead atoms. The average molecular weight is 344 g/mol. The fraction of sp³-hybridized carbons (Fsp3) is 0.529. The van der Waals surface area contributed by atoms with Gasteiger partial charge in [0.05, 0.1) is 0 Å². The highest BCUT2D eigenvalue weighted by Gasteiger charge is 2.21. The van der Waals surface area contributed by atoms with Gasteiger partial charge < -0.3 is 9.80 Å². The Balaban J connectivity index is 1.73. The molecule has 128 valence electrons. The van der Waals surface area contributed by atoms with Crippen molar-refractivity contribution in [3.63, 3.8) is 0 Å². The molecule has 0 radical (unpaired) electrons. The summed E-state index contributed by atoms with van der Waals surface area (Å²) in [6.45, 7) is 9.82. The van der Waals surface area contributed by atoms with Gasteiger partial charge in [-0.15, -0.1) is 0 Å². The Labute approximate surface area is 147 Å². The molecule has 1 saturated heterocycles. The zero-order valence-corrected chi connectivity index (χ0v) is 15.6. The van der Waals surface area contributed by atoms with E-state index in [0.29, 0.717) is 0 Å². The number of piperazine rings is 1. The second-order valence-electron chi connectivity index (χ2n) is 5.98. The fourth-order valence-electron chi connectivity index (χ4n) is 2.88. The van der Waals surface area contributed by atoms with Crippen LogP contribution in [0.15, 0.2) is 17.3 Å². The van der Waals surface area contributed by atoms with Crippen LogP contribution in [-0.4, -0.2) is 52.4 Å². The monoisotopic (exact) mass is 344 g/mol. The van der Waals surface area contributed by atoms with Gasteiger partial charge in [0.2, 0.25) is 5.95 Å². The van der Waals surface area contributed by atoms with Gasteiger partial charge in [0.1, 0.15) is 5.82 Å². The van der Waals surface area contributed by atoms with Crippen molar-refractivity contribution in [1.82, 2.24) is 19.9 Å². The average Bonchev–Trinajstić information content (AvgIpc) is 2.60. The number of hydrogen-bond donors (Lipinski definition) is 0. The molecular formula is C17H24N6S. The number of thioether (sulfide) groups is 1. The quantitative estimate of drug-likeness (QED) is 0.624. The van der Waals surface area contributed by atoms with Gasteiger partial charge in [-0.05, 0) is 32.6 Å². The zero-order valence-electron chi connectivity index (χ0n) is 14.8. The molecule has 0 amide bonds. The van der Waals surface area contributed by atoms with Gasteiger partial charge in [0, 0.05) is 49.3 Å². The minimum Gasteiger partial charge on any atom is -0.353 e. The largest absolute Gasteiger partial charge is 0.353 e. The molecule has 24 heavy (non-hydrogen) atoms. The van der Waals surface area contributed by atoms with Crippen LogP contribution in [0.5, 0.6) is 0 Å². The molecule has 0 unspecified atom stereocenters. The number of aryl methyl sites for hydroxylation is 3. The van der Waals surface area contributed by atoms with Crippen LogP contribution in [0.1, 0.15) is 24.0 Å². The molecule has 0 saturated carbocycles. The van der Waals surface area contributed by atoms with Gasteiger partial charge in [0.25, 0.3) is 0 Å². The molecule has 0 aliphatic carbocycles. The van der Waals surface area contributed by atoms with E-state index in [-0.39, 0.29) is 0 Å². The molecule has 2 aromatic rings. The molecule has 1 fully saturated rings. The Bertz CT molecular complexity index is 670. The summed E-state index contributed by atoms with van der Waals surface area (Å²) >= 11 is 1.60. The van der Waals surface area contributed by atoms with Crippen LogP contribution in [-0.2, 0) is 6.42 Å². The Hall–Kier alpha value is -1.89. The lowest BCUT2D eigenvalue weighted by Crippen LogP contribution is -2.47. The van der Waals surface area contributed by atoms with Crippen molar-refractivity contribution in [2.75, 3.05) is 42.2 Å². The maximum Gasteiger partial charge on any atom is 0.225 e. The van der Waals surface area contributed by atoms with Crippen LogP contribution in [0.2, 0.25) is 0 Å². The van der Waals surface area contributed by atoms with E-state index in [1.807, 2.05) is 26.2 Å². The van der Waals surface area contributed by atoms with Gasteiger partial charge in [-0.1, -0.05) is 18.7 Å². The molecule has 2 aromatic heterocycles. The molecule has 6 nitrogen and oxygen atoms in total. The summed E-state index contributed by atoms with van der Waals surface area (Å²) in [5.74, 6) is 1.88. The first-order chi connectivity index (χ1) is 11.6. The predicted octanol–water partition coefficient (Wildman–Crippen LogP) is 2.49. The minimum absolute atomic E-state index is 0.842. The second-order valence-corrected chi connectivity index (χ2v) is 6.76. The number of aromatic nitrogens is 4. The number of rotatable bonds is 4. The van der Waals surface area contributed by atoms with E-state index in [9.17, 15) is 0 Å². The van der Waals surface area contributed by atoms with Crippen molar-refractivity contribution >= 4 is 23.5 Å². The molecule has 1 aliphatic heterocycles. The SMILES string of the molecule is CCc1cc(N2CCN(c3nc(C)cc(C)n3)CC2)nc(SC)n1. The first-order valence-corrected chi connectivity index (χ1v) is 9.55. The lowest BCUT2D eigenvalue weighted by atomic mass is 10.2. The smallest absolute Gasteiger partial charge is 0.225 e. The molecule has 0 atom stereocenters. The Morgan fingerprint density at radius 1 is 0.917 bits per heavy atom. The van der Waals surface area contributed by atoms with Crippen LogP contribution in [0.3, 0.4) is 0 Å². The first-order valence-electron chi connectivity index (χ1n) is 8.33. The van der Waals surface area contributed by atoms with E-state index in [2.05, 4.69) is 42.7 Å². The summed E-state index contributed by atoms with van der Waals surface area (Å²) < 4.78 is 0. The third kappa shape index (κ3) is 3.77. The Morgan fingerprint density at radius 2 is 1.54 bits per heavy atom. The fourth-order valence-corrected chi connectivity index (χ4v) is 3.27. The molecule has 3 rings (SSSR count). The van der Waals surface area contributed by atoms with Gasteiger partial charge in [0.15, 0.2) is 5.16 Å². The second kappa shape index (κ2) is 7.34. The van der Waals surface area contributed by atoms with E-state index in [1.165, 1.54) is 0 Å². The van der Waals surface area contributed by atoms with E-state index in [0.717, 1.165) is 66.6 Å². The van der Waals surface area contributed by atoms with Gasteiger partial charge in [-0.25, -0.2) is 19.9 Å². The summed E-state index contributed by atoms with van der Waals surface area (Å²) in [5, 5.41) is 0.851. The van der Waals surface area contributed by atoms with Crippen molar-refractivity contribution in [3.8, 4) is 0 Å². The Morgan fingerprint density at radius 3 is 2.12 bits per heavy atom. The maximum atomic E-state index is 4.68. The Kier molecular flexibility index (Phi) is 5.18. The van der Waals surface area contributed by atoms with Crippen LogP contribution in [0.4, 0.5) is 11.8 Å². The molecule has 1 aliphatic rings. The third-order valence-electron chi connectivity index (χ3n) is 4.15. The van der Waals surface area contributed by atoms with E-state index in [1.54, 1.807) is 11.8 Å². The summed E-state index contributed by atoms with van der Waals surface area (Å²) in [6.07, 6.45) is 2.95. The summed E-state index contributed by atoms with van der Waals surface area (Å²) in [5.41, 5.74) is 3.14. The third-order valence-corrected chi connectivity index (χ3v) is 4.69. The lowest BCUT2D eigenvalue weighted by molar-refractivity contribution is 0.628. The lowest BCUT2D eigenvalue weighted by Gasteiger charge is -2.35. The summed E-state index contributed by atoms with van der Waals surface area (Å²) in [4.78, 5) is 23.0. The van der Waals surface area contributed by atoms with Crippen LogP contribution in [0, 0.1) is 13.8 Å². The van der Waals surface area contributed by atoms with E-state index >= 15 is 0 Å². The van der Waals surface area contributed by atoms with Crippen molar-refractivity contribution in [1.29, 1.82) is 0 Å². The number of nitrogens with zero attached hydrogens (tertiary/aromatic N) is 6. The van der Waals surface area contributed by atoms with Crippen molar-refractivity contribution in [2.24, 2.45) is 0 Å². The summed E-state index contributed by atoms with van der Waals surface area (Å²) in [7, 11) is 0. The predicted molar refractivity (Wildman–Crippen MR) is 99.1 cm³/mol. The molecular weight excluding hydrogens is 320 g/mol. The van der Waals surface area contributed by atoms with Crippen molar-refractivity contribution in [2.45, 2.75) is 32.3 Å². The van der Waals surface area contributed by atoms with Gasteiger partial charge in [-0.2, -0.15) is 0 Å². The van der Waals surface area contributed by atoms with Gasteiger partial charge in [-0.3, -0.25) is 0 Å². The van der Waals surface area contributed by atoms with E-state index in [4.69, 9.17) is 0 Å². The van der Waals surface area contributed by atoms with Crippen molar-refractivity contribution < 1.29 is 0 Å². The van der Waals surface area contributed by atoms with Crippen LogP contribution in [0.25, 0.3) is 0 Å². The highest BCUT2D eigenvalue weighted by atomic mass is 32.2. The normalized spacial score (nSPS) is 15.0. The molecule has 0 aromatic carbocycles. The number of hydrogen-bond acceptors (Lipinski definition) is 7. The molecule has 0 spiro atoms. The van der Waals surface area contributed by atoms with Crippen LogP contribution >= 0.6 is 11.8 Å². The minimum atomic E-state index is 0.842. The molecule has 0 N–H and O–H groups in total. The highest BCUT2D eigenvalue weighted by molar-refractivity contribution is 7.98. The molecule has 7 heteroatoms. The standard InChI is InChI=1S/C17H24N6S/c1-5-14-11-15(21-17(20-14)24-4)22-6-8-23(9-7-22)16-18-12(2)10-13(3)19-16/h10-11H,5-9H2,1-4H3. The number of anilines is 2. The van der Waals surface area contributed by atoms with Crippen molar-refractivity contribution in [3.05, 3.63) is 29.2 Å². The first kappa shape index (κ1) is 17.0. The van der Waals surface area contributed by atoms with Gasteiger partial charge >= 0.3 is 0 Å². The topological polar surface area (TPSA) is 58.0 Å². The zero-order chi connectivity index (χ0) is 17.1. The highest BCUT2D eigenvalue weighted by Crippen LogP contribution is 2.21. The maximum absolute atomic E-state index is 4.68. The summed E-state index contributed by atoms with van der Waals surface area (Å²) in [6, 6.07) is 4.12. The molecule has 3 heterocycles. The van der Waals surface area contributed by atoms with Crippen LogP contribution < -0.4 is 9.80 Å². The van der Waals surface area contributed by atoms with E-state index < -0.39 is 0 Å².